The Morgan fingerprint density at radius 1 is 0.744 bits per heavy atom. The molecule has 2 heterocycles. The minimum atomic E-state index is -0.859. The standard InChI is InChI=1S/C30H27F3N4O2/c1-19-3-10-24(11-4-19)37-20(2)25(18-28(37)21-5-7-22(31)8-6-21)29(38)35-13-15-36(16-14-35)30(39)34-27-12-9-23(32)17-26(27)33/h3-12,17-18H,13-16H2,1-2H3,(H,34,39). The van der Waals surface area contributed by atoms with E-state index in [0.717, 1.165) is 34.3 Å². The first-order valence-corrected chi connectivity index (χ1v) is 12.6. The maximum atomic E-state index is 13.9. The number of aryl methyl sites for hydroxylation is 1. The van der Waals surface area contributed by atoms with Crippen molar-refractivity contribution in [3.05, 3.63) is 107 Å². The van der Waals surface area contributed by atoms with Crippen molar-refractivity contribution >= 4 is 17.6 Å². The third-order valence-electron chi connectivity index (χ3n) is 6.94. The van der Waals surface area contributed by atoms with Crippen LogP contribution in [0, 0.1) is 31.3 Å². The van der Waals surface area contributed by atoms with E-state index < -0.39 is 17.7 Å². The molecule has 1 fully saturated rings. The summed E-state index contributed by atoms with van der Waals surface area (Å²) in [6, 6.07) is 18.3. The number of hydrogen-bond donors (Lipinski definition) is 1. The molecule has 3 aromatic carbocycles. The Morgan fingerprint density at radius 2 is 1.36 bits per heavy atom. The molecule has 1 saturated heterocycles. The molecule has 0 spiro atoms. The third kappa shape index (κ3) is 5.38. The van der Waals surface area contributed by atoms with Crippen LogP contribution < -0.4 is 5.32 Å². The second kappa shape index (κ2) is 10.7. The first-order chi connectivity index (χ1) is 18.7. The van der Waals surface area contributed by atoms with Crippen LogP contribution in [0.25, 0.3) is 16.9 Å². The van der Waals surface area contributed by atoms with E-state index in [4.69, 9.17) is 0 Å². The highest BCUT2D eigenvalue weighted by molar-refractivity contribution is 5.97. The Kier molecular flexibility index (Phi) is 7.15. The topological polar surface area (TPSA) is 57.6 Å². The van der Waals surface area contributed by atoms with Crippen LogP contribution in [0.2, 0.25) is 0 Å². The summed E-state index contributed by atoms with van der Waals surface area (Å²) in [5.41, 5.74) is 4.67. The summed E-state index contributed by atoms with van der Waals surface area (Å²) < 4.78 is 42.7. The predicted molar refractivity (Wildman–Crippen MR) is 143 cm³/mol. The van der Waals surface area contributed by atoms with Gasteiger partial charge in [-0.3, -0.25) is 4.79 Å². The number of piperazine rings is 1. The van der Waals surface area contributed by atoms with Crippen LogP contribution >= 0.6 is 0 Å². The second-order valence-corrected chi connectivity index (χ2v) is 9.54. The summed E-state index contributed by atoms with van der Waals surface area (Å²) in [5.74, 6) is -2.11. The Morgan fingerprint density at radius 3 is 2.00 bits per heavy atom. The summed E-state index contributed by atoms with van der Waals surface area (Å²) in [5, 5.41) is 2.46. The van der Waals surface area contributed by atoms with Crippen molar-refractivity contribution in [1.29, 1.82) is 0 Å². The molecule has 0 radical (unpaired) electrons. The van der Waals surface area contributed by atoms with E-state index in [1.54, 1.807) is 17.0 Å². The van der Waals surface area contributed by atoms with Gasteiger partial charge in [0.2, 0.25) is 0 Å². The molecule has 39 heavy (non-hydrogen) atoms. The van der Waals surface area contributed by atoms with Gasteiger partial charge >= 0.3 is 6.03 Å². The van der Waals surface area contributed by atoms with Crippen molar-refractivity contribution in [1.82, 2.24) is 14.4 Å². The normalized spacial score (nSPS) is 13.5. The molecule has 0 aliphatic carbocycles. The van der Waals surface area contributed by atoms with Gasteiger partial charge in [0, 0.05) is 43.6 Å². The van der Waals surface area contributed by atoms with Crippen LogP contribution in [0.3, 0.4) is 0 Å². The number of benzene rings is 3. The van der Waals surface area contributed by atoms with E-state index in [2.05, 4.69) is 5.32 Å². The Hall–Kier alpha value is -4.53. The summed E-state index contributed by atoms with van der Waals surface area (Å²) in [4.78, 5) is 29.5. The molecule has 1 aliphatic heterocycles. The minimum absolute atomic E-state index is 0.110. The number of carbonyl (C=O) groups is 2. The van der Waals surface area contributed by atoms with E-state index in [1.165, 1.54) is 23.1 Å². The average Bonchev–Trinajstić information content (AvgIpc) is 3.27. The van der Waals surface area contributed by atoms with E-state index >= 15 is 0 Å². The molecule has 3 amide bonds. The van der Waals surface area contributed by atoms with Gasteiger partial charge < -0.3 is 19.7 Å². The summed E-state index contributed by atoms with van der Waals surface area (Å²) >= 11 is 0. The maximum Gasteiger partial charge on any atom is 0.322 e. The van der Waals surface area contributed by atoms with Crippen LogP contribution in [0.4, 0.5) is 23.7 Å². The van der Waals surface area contributed by atoms with E-state index in [-0.39, 0.29) is 30.5 Å². The third-order valence-corrected chi connectivity index (χ3v) is 6.94. The lowest BCUT2D eigenvalue weighted by Crippen LogP contribution is -2.51. The van der Waals surface area contributed by atoms with Gasteiger partial charge in [-0.05, 0) is 74.0 Å². The predicted octanol–water partition coefficient (Wildman–Crippen LogP) is 6.17. The molecule has 4 aromatic rings. The quantitative estimate of drug-likeness (QED) is 0.342. The fourth-order valence-electron chi connectivity index (χ4n) is 4.75. The van der Waals surface area contributed by atoms with Gasteiger partial charge in [-0.2, -0.15) is 0 Å². The molecule has 1 aliphatic rings. The molecule has 0 atom stereocenters. The number of carbonyl (C=O) groups excluding carboxylic acids is 2. The van der Waals surface area contributed by atoms with Gasteiger partial charge in [0.1, 0.15) is 17.5 Å². The molecular weight excluding hydrogens is 505 g/mol. The first-order valence-electron chi connectivity index (χ1n) is 12.6. The van der Waals surface area contributed by atoms with Crippen molar-refractivity contribution in [2.45, 2.75) is 13.8 Å². The monoisotopic (exact) mass is 532 g/mol. The fourth-order valence-corrected chi connectivity index (χ4v) is 4.75. The molecule has 0 bridgehead atoms. The van der Waals surface area contributed by atoms with E-state index in [1.807, 2.05) is 48.7 Å². The summed E-state index contributed by atoms with van der Waals surface area (Å²) in [6.07, 6.45) is 0. The zero-order valence-corrected chi connectivity index (χ0v) is 21.5. The Labute approximate surface area is 224 Å². The molecule has 6 nitrogen and oxygen atoms in total. The molecule has 1 aromatic heterocycles. The molecule has 5 rings (SSSR count). The highest BCUT2D eigenvalue weighted by Gasteiger charge is 2.28. The maximum absolute atomic E-state index is 13.9. The number of rotatable bonds is 4. The van der Waals surface area contributed by atoms with Gasteiger partial charge in [-0.15, -0.1) is 0 Å². The highest BCUT2D eigenvalue weighted by atomic mass is 19.1. The van der Waals surface area contributed by atoms with Gasteiger partial charge in [-0.1, -0.05) is 17.7 Å². The number of halogens is 3. The second-order valence-electron chi connectivity index (χ2n) is 9.54. The zero-order chi connectivity index (χ0) is 27.7. The largest absolute Gasteiger partial charge is 0.335 e. The van der Waals surface area contributed by atoms with Crippen LogP contribution in [0.5, 0.6) is 0 Å². The minimum Gasteiger partial charge on any atom is -0.335 e. The van der Waals surface area contributed by atoms with Crippen molar-refractivity contribution in [3.8, 4) is 16.9 Å². The SMILES string of the molecule is Cc1ccc(-n2c(-c3ccc(F)cc3)cc(C(=O)N3CCN(C(=O)Nc4ccc(F)cc4F)CC3)c2C)cc1. The van der Waals surface area contributed by atoms with Gasteiger partial charge in [0.15, 0.2) is 0 Å². The van der Waals surface area contributed by atoms with Crippen LogP contribution in [0.1, 0.15) is 21.6 Å². The molecule has 200 valence electrons. The number of aromatic nitrogens is 1. The fraction of sp³-hybridized carbons (Fsp3) is 0.200. The van der Waals surface area contributed by atoms with Crippen molar-refractivity contribution in [2.24, 2.45) is 0 Å². The number of hydrogen-bond acceptors (Lipinski definition) is 2. The van der Waals surface area contributed by atoms with Gasteiger partial charge in [-0.25, -0.2) is 18.0 Å². The zero-order valence-electron chi connectivity index (χ0n) is 21.5. The van der Waals surface area contributed by atoms with Crippen molar-refractivity contribution < 1.29 is 22.8 Å². The van der Waals surface area contributed by atoms with Crippen LogP contribution in [0.15, 0.2) is 72.8 Å². The van der Waals surface area contributed by atoms with Crippen LogP contribution in [-0.4, -0.2) is 52.5 Å². The number of amides is 3. The lowest BCUT2D eigenvalue weighted by Gasteiger charge is -2.34. The molecular formula is C30H27F3N4O2. The number of nitrogens with one attached hydrogen (secondary N) is 1. The number of nitrogens with zero attached hydrogens (tertiary/aromatic N) is 3. The first kappa shape index (κ1) is 26.1. The van der Waals surface area contributed by atoms with Crippen molar-refractivity contribution in [3.63, 3.8) is 0 Å². The Balaban J connectivity index is 1.36. The molecule has 0 unspecified atom stereocenters. The molecule has 1 N–H and O–H groups in total. The average molecular weight is 533 g/mol. The number of urea groups is 1. The van der Waals surface area contributed by atoms with E-state index in [0.29, 0.717) is 24.7 Å². The summed E-state index contributed by atoms with van der Waals surface area (Å²) in [6.45, 7) is 4.96. The summed E-state index contributed by atoms with van der Waals surface area (Å²) in [7, 11) is 0. The lowest BCUT2D eigenvalue weighted by atomic mass is 10.1. The smallest absolute Gasteiger partial charge is 0.322 e. The molecule has 0 saturated carbocycles. The van der Waals surface area contributed by atoms with Gasteiger partial charge in [0.25, 0.3) is 5.91 Å². The highest BCUT2D eigenvalue weighted by Crippen LogP contribution is 2.31. The molecule has 9 heteroatoms. The van der Waals surface area contributed by atoms with Crippen LogP contribution in [-0.2, 0) is 0 Å². The van der Waals surface area contributed by atoms with Gasteiger partial charge in [0.05, 0.1) is 16.9 Å². The van der Waals surface area contributed by atoms with Crippen molar-refractivity contribution in [2.75, 3.05) is 31.5 Å². The number of anilines is 1. The van der Waals surface area contributed by atoms with E-state index in [9.17, 15) is 22.8 Å². The Bertz CT molecular complexity index is 1520. The lowest BCUT2D eigenvalue weighted by molar-refractivity contribution is 0.0671.